The third-order valence-electron chi connectivity index (χ3n) is 2.55. The van der Waals surface area contributed by atoms with Crippen molar-refractivity contribution in [3.05, 3.63) is 23.9 Å². The molecule has 7 heteroatoms. The van der Waals surface area contributed by atoms with Crippen LogP contribution in [0.15, 0.2) is 18.3 Å². The van der Waals surface area contributed by atoms with Crippen LogP contribution >= 0.6 is 0 Å². The van der Waals surface area contributed by atoms with Crippen LogP contribution in [0.4, 0.5) is 4.79 Å². The first-order valence-electron chi connectivity index (χ1n) is 6.37. The molecule has 3 amide bonds. The fourth-order valence-corrected chi connectivity index (χ4v) is 1.49. The molecule has 1 atom stereocenters. The number of hydrogen-bond acceptors (Lipinski definition) is 4. The number of aromatic nitrogens is 1. The third kappa shape index (κ3) is 5.13. The first kappa shape index (κ1) is 15.7. The van der Waals surface area contributed by atoms with Gasteiger partial charge in [0, 0.05) is 25.4 Å². The minimum Gasteiger partial charge on any atom is -0.481 e. The molecule has 1 heterocycles. The number of ether oxygens (including phenoxy) is 1. The van der Waals surface area contributed by atoms with Crippen LogP contribution in [0.2, 0.25) is 0 Å². The summed E-state index contributed by atoms with van der Waals surface area (Å²) in [5.74, 6) is 0.272. The molecule has 7 nitrogen and oxygen atoms in total. The summed E-state index contributed by atoms with van der Waals surface area (Å²) in [7, 11) is 1.53. The van der Waals surface area contributed by atoms with E-state index in [2.05, 4.69) is 20.9 Å². The minimum absolute atomic E-state index is 0.215. The van der Waals surface area contributed by atoms with Gasteiger partial charge >= 0.3 is 6.03 Å². The van der Waals surface area contributed by atoms with Gasteiger partial charge in [0.1, 0.15) is 6.04 Å². The van der Waals surface area contributed by atoms with Crippen molar-refractivity contribution in [2.24, 2.45) is 0 Å². The summed E-state index contributed by atoms with van der Waals surface area (Å²) < 4.78 is 4.99. The van der Waals surface area contributed by atoms with E-state index in [-0.39, 0.29) is 5.91 Å². The van der Waals surface area contributed by atoms with Crippen LogP contribution in [0, 0.1) is 0 Å². The SMILES string of the molecule is CCNC(=O)[C@@H](C)NC(=O)NCc1ccnc(OC)c1. The predicted octanol–water partition coefficient (Wildman–Crippen LogP) is 0.414. The summed E-state index contributed by atoms with van der Waals surface area (Å²) in [5.41, 5.74) is 0.859. The maximum Gasteiger partial charge on any atom is 0.315 e. The summed E-state index contributed by atoms with van der Waals surface area (Å²) in [4.78, 5) is 27.1. The Kier molecular flexibility index (Phi) is 6.28. The fraction of sp³-hybridized carbons (Fsp3) is 0.462. The largest absolute Gasteiger partial charge is 0.481 e. The van der Waals surface area contributed by atoms with Crippen LogP contribution in [-0.4, -0.2) is 36.6 Å². The highest BCUT2D eigenvalue weighted by Crippen LogP contribution is 2.07. The van der Waals surface area contributed by atoms with Crippen LogP contribution in [0.1, 0.15) is 19.4 Å². The minimum atomic E-state index is -0.582. The second-order valence-corrected chi connectivity index (χ2v) is 4.15. The number of amides is 3. The molecule has 110 valence electrons. The lowest BCUT2D eigenvalue weighted by Crippen LogP contribution is -2.48. The Morgan fingerprint density at radius 1 is 1.40 bits per heavy atom. The molecule has 20 heavy (non-hydrogen) atoms. The smallest absolute Gasteiger partial charge is 0.315 e. The van der Waals surface area contributed by atoms with Crippen LogP contribution in [0.5, 0.6) is 5.88 Å². The van der Waals surface area contributed by atoms with E-state index in [9.17, 15) is 9.59 Å². The Morgan fingerprint density at radius 3 is 2.80 bits per heavy atom. The van der Waals surface area contributed by atoms with E-state index in [1.165, 1.54) is 7.11 Å². The quantitative estimate of drug-likeness (QED) is 0.704. The molecule has 0 spiro atoms. The number of methoxy groups -OCH3 is 1. The Labute approximate surface area is 118 Å². The van der Waals surface area contributed by atoms with E-state index in [0.29, 0.717) is 19.0 Å². The molecule has 0 aromatic carbocycles. The molecule has 1 aromatic rings. The summed E-state index contributed by atoms with van der Waals surface area (Å²) in [6, 6.07) is 2.52. The molecule has 0 saturated heterocycles. The van der Waals surface area contributed by atoms with Crippen molar-refractivity contribution in [3.8, 4) is 5.88 Å². The van der Waals surface area contributed by atoms with E-state index in [1.807, 2.05) is 6.92 Å². The average molecular weight is 280 g/mol. The van der Waals surface area contributed by atoms with Gasteiger partial charge in [-0.1, -0.05) is 0 Å². The molecule has 0 saturated carbocycles. The Hall–Kier alpha value is -2.31. The van der Waals surface area contributed by atoms with Gasteiger partial charge in [0.15, 0.2) is 0 Å². The molecule has 0 radical (unpaired) electrons. The standard InChI is InChI=1S/C13H20N4O3/c1-4-14-12(18)9(2)17-13(19)16-8-10-5-6-15-11(7-10)20-3/h5-7,9H,4,8H2,1-3H3,(H,14,18)(H2,16,17,19)/t9-/m1/s1. The van der Waals surface area contributed by atoms with Gasteiger partial charge in [-0.15, -0.1) is 0 Å². The van der Waals surface area contributed by atoms with E-state index < -0.39 is 12.1 Å². The first-order chi connectivity index (χ1) is 9.56. The fourth-order valence-electron chi connectivity index (χ4n) is 1.49. The van der Waals surface area contributed by atoms with Gasteiger partial charge in [0.2, 0.25) is 11.8 Å². The van der Waals surface area contributed by atoms with Crippen molar-refractivity contribution in [3.63, 3.8) is 0 Å². The molecule has 0 aliphatic rings. The number of urea groups is 1. The number of pyridine rings is 1. The predicted molar refractivity (Wildman–Crippen MR) is 74.3 cm³/mol. The van der Waals surface area contributed by atoms with Crippen LogP contribution < -0.4 is 20.7 Å². The maximum absolute atomic E-state index is 11.6. The zero-order chi connectivity index (χ0) is 15.0. The number of carbonyl (C=O) groups excluding carboxylic acids is 2. The number of carbonyl (C=O) groups is 2. The summed E-state index contributed by atoms with van der Waals surface area (Å²) in [6.45, 7) is 4.30. The van der Waals surface area contributed by atoms with E-state index in [1.54, 1.807) is 25.3 Å². The molecular formula is C13H20N4O3. The number of nitrogens with one attached hydrogen (secondary N) is 3. The maximum atomic E-state index is 11.6. The van der Waals surface area contributed by atoms with E-state index in [0.717, 1.165) is 5.56 Å². The molecule has 0 aliphatic carbocycles. The Bertz CT molecular complexity index is 465. The second-order valence-electron chi connectivity index (χ2n) is 4.15. The highest BCUT2D eigenvalue weighted by molar-refractivity contribution is 5.86. The average Bonchev–Trinajstić information content (AvgIpc) is 2.45. The van der Waals surface area contributed by atoms with Crippen molar-refractivity contribution < 1.29 is 14.3 Å². The molecule has 0 aliphatic heterocycles. The van der Waals surface area contributed by atoms with Crippen LogP contribution in [0.25, 0.3) is 0 Å². The molecule has 0 bridgehead atoms. The van der Waals surface area contributed by atoms with Gasteiger partial charge in [-0.25, -0.2) is 9.78 Å². The second kappa shape index (κ2) is 7.98. The van der Waals surface area contributed by atoms with E-state index >= 15 is 0 Å². The van der Waals surface area contributed by atoms with Gasteiger partial charge < -0.3 is 20.7 Å². The normalized spacial score (nSPS) is 11.3. The lowest BCUT2D eigenvalue weighted by Gasteiger charge is -2.14. The van der Waals surface area contributed by atoms with Gasteiger partial charge in [-0.2, -0.15) is 0 Å². The van der Waals surface area contributed by atoms with Gasteiger partial charge in [-0.05, 0) is 25.5 Å². The van der Waals surface area contributed by atoms with Crippen molar-refractivity contribution in [1.29, 1.82) is 0 Å². The molecule has 3 N–H and O–H groups in total. The lowest BCUT2D eigenvalue weighted by atomic mass is 10.2. The highest BCUT2D eigenvalue weighted by atomic mass is 16.5. The molecule has 1 rings (SSSR count). The van der Waals surface area contributed by atoms with Crippen LogP contribution in [0.3, 0.4) is 0 Å². The van der Waals surface area contributed by atoms with Crippen molar-refractivity contribution in [2.75, 3.05) is 13.7 Å². The number of hydrogen-bond donors (Lipinski definition) is 3. The molecule has 0 unspecified atom stereocenters. The van der Waals surface area contributed by atoms with Gasteiger partial charge in [0.05, 0.1) is 7.11 Å². The van der Waals surface area contributed by atoms with Crippen molar-refractivity contribution >= 4 is 11.9 Å². The monoisotopic (exact) mass is 280 g/mol. The highest BCUT2D eigenvalue weighted by Gasteiger charge is 2.14. The van der Waals surface area contributed by atoms with Crippen LogP contribution in [-0.2, 0) is 11.3 Å². The number of rotatable bonds is 6. The first-order valence-corrected chi connectivity index (χ1v) is 6.37. The number of likely N-dealkylation sites (N-methyl/N-ethyl adjacent to an activating group) is 1. The number of nitrogens with zero attached hydrogens (tertiary/aromatic N) is 1. The molecule has 1 aromatic heterocycles. The Balaban J connectivity index is 2.41. The van der Waals surface area contributed by atoms with Crippen molar-refractivity contribution in [2.45, 2.75) is 26.4 Å². The van der Waals surface area contributed by atoms with Gasteiger partial charge in [-0.3, -0.25) is 4.79 Å². The topological polar surface area (TPSA) is 92.4 Å². The summed E-state index contributed by atoms with van der Waals surface area (Å²) in [5, 5.41) is 7.85. The molecular weight excluding hydrogens is 260 g/mol. The summed E-state index contributed by atoms with van der Waals surface area (Å²) in [6.07, 6.45) is 1.60. The van der Waals surface area contributed by atoms with Gasteiger partial charge in [0.25, 0.3) is 0 Å². The lowest BCUT2D eigenvalue weighted by molar-refractivity contribution is -0.122. The Morgan fingerprint density at radius 2 is 2.15 bits per heavy atom. The molecule has 0 fully saturated rings. The third-order valence-corrected chi connectivity index (χ3v) is 2.55. The zero-order valence-corrected chi connectivity index (χ0v) is 11.9. The zero-order valence-electron chi connectivity index (χ0n) is 11.9. The van der Waals surface area contributed by atoms with E-state index in [4.69, 9.17) is 4.74 Å². The summed E-state index contributed by atoms with van der Waals surface area (Å²) >= 11 is 0. The van der Waals surface area contributed by atoms with Crippen molar-refractivity contribution in [1.82, 2.24) is 20.9 Å².